The maximum absolute atomic E-state index is 12.8. The van der Waals surface area contributed by atoms with Gasteiger partial charge in [-0.15, -0.1) is 0 Å². The van der Waals surface area contributed by atoms with Crippen LogP contribution in [0.3, 0.4) is 0 Å². The van der Waals surface area contributed by atoms with Crippen molar-refractivity contribution < 1.29 is 17.6 Å². The van der Waals surface area contributed by atoms with Gasteiger partial charge in [0.2, 0.25) is 0 Å². The van der Waals surface area contributed by atoms with Gasteiger partial charge in [0.15, 0.2) is 21.3 Å². The average molecular weight is 413 g/mol. The Kier molecular flexibility index (Phi) is 5.04. The Morgan fingerprint density at radius 2 is 2.00 bits per heavy atom. The molecule has 1 saturated heterocycles. The van der Waals surface area contributed by atoms with Gasteiger partial charge in [-0.3, -0.25) is 9.48 Å². The van der Waals surface area contributed by atoms with Crippen molar-refractivity contribution in [1.29, 1.82) is 0 Å². The third-order valence-corrected chi connectivity index (χ3v) is 6.88. The summed E-state index contributed by atoms with van der Waals surface area (Å²) in [5.41, 5.74) is 2.68. The lowest BCUT2D eigenvalue weighted by Gasteiger charge is -2.11. The molecular weight excluding hydrogens is 390 g/mol. The highest BCUT2D eigenvalue weighted by Crippen LogP contribution is 2.30. The van der Waals surface area contributed by atoms with Crippen LogP contribution in [0.25, 0.3) is 11.5 Å². The van der Waals surface area contributed by atoms with E-state index in [9.17, 15) is 13.2 Å². The highest BCUT2D eigenvalue weighted by atomic mass is 32.2. The molecule has 1 aromatic carbocycles. The minimum absolute atomic E-state index is 0.0140. The van der Waals surface area contributed by atoms with Crippen molar-refractivity contribution in [2.24, 2.45) is 0 Å². The molecule has 0 spiro atoms. The monoisotopic (exact) mass is 413 g/mol. The van der Waals surface area contributed by atoms with Gasteiger partial charge < -0.3 is 9.73 Å². The number of anilines is 1. The molecule has 1 atom stereocenters. The van der Waals surface area contributed by atoms with Crippen LogP contribution >= 0.6 is 0 Å². The smallest absolute Gasteiger partial charge is 0.276 e. The minimum atomic E-state index is -3.09. The third-order valence-electron chi connectivity index (χ3n) is 5.13. The number of amides is 1. The molecular formula is C21H23N3O4S. The number of furan rings is 1. The van der Waals surface area contributed by atoms with Crippen LogP contribution in [0.15, 0.2) is 53.1 Å². The van der Waals surface area contributed by atoms with E-state index in [1.807, 2.05) is 24.3 Å². The minimum Gasteiger partial charge on any atom is -0.463 e. The average Bonchev–Trinajstić information content (AvgIpc) is 3.40. The van der Waals surface area contributed by atoms with Gasteiger partial charge in [0.25, 0.3) is 5.91 Å². The van der Waals surface area contributed by atoms with Crippen molar-refractivity contribution >= 4 is 21.4 Å². The molecule has 7 nitrogen and oxygen atoms in total. The van der Waals surface area contributed by atoms with Gasteiger partial charge in [0.05, 0.1) is 23.8 Å². The van der Waals surface area contributed by atoms with Crippen molar-refractivity contribution in [2.45, 2.75) is 32.2 Å². The molecule has 0 saturated carbocycles. The molecule has 1 aliphatic heterocycles. The van der Waals surface area contributed by atoms with E-state index in [0.29, 0.717) is 29.5 Å². The number of aromatic nitrogens is 2. The van der Waals surface area contributed by atoms with Gasteiger partial charge in [-0.1, -0.05) is 26.0 Å². The molecule has 0 aliphatic carbocycles. The summed E-state index contributed by atoms with van der Waals surface area (Å²) in [5, 5.41) is 7.29. The summed E-state index contributed by atoms with van der Waals surface area (Å²) in [5.74, 6) is 0.740. The lowest BCUT2D eigenvalue weighted by atomic mass is 10.0. The number of carbonyl (C=O) groups is 1. The number of benzene rings is 1. The first kappa shape index (κ1) is 19.4. The van der Waals surface area contributed by atoms with Gasteiger partial charge in [0, 0.05) is 11.8 Å². The SMILES string of the molecule is CC(C)c1ccc(NC(=O)c2cc(-c3ccco3)n(C3CCS(=O)(=O)C3)n2)cc1. The predicted molar refractivity (Wildman–Crippen MR) is 111 cm³/mol. The molecule has 1 N–H and O–H groups in total. The largest absolute Gasteiger partial charge is 0.463 e. The molecule has 1 fully saturated rings. The van der Waals surface area contributed by atoms with Crippen LogP contribution in [-0.4, -0.2) is 35.6 Å². The molecule has 8 heteroatoms. The quantitative estimate of drug-likeness (QED) is 0.685. The molecule has 0 radical (unpaired) electrons. The van der Waals surface area contributed by atoms with E-state index in [4.69, 9.17) is 4.42 Å². The second-order valence-electron chi connectivity index (χ2n) is 7.62. The van der Waals surface area contributed by atoms with E-state index in [-0.39, 0.29) is 29.1 Å². The molecule has 2 aromatic heterocycles. The lowest BCUT2D eigenvalue weighted by Crippen LogP contribution is -2.16. The molecule has 3 heterocycles. The number of hydrogen-bond donors (Lipinski definition) is 1. The molecule has 152 valence electrons. The molecule has 4 rings (SSSR count). The van der Waals surface area contributed by atoms with Gasteiger partial charge in [-0.2, -0.15) is 5.10 Å². The molecule has 3 aromatic rings. The topological polar surface area (TPSA) is 94.2 Å². The summed E-state index contributed by atoms with van der Waals surface area (Å²) in [6.45, 7) is 4.22. The summed E-state index contributed by atoms with van der Waals surface area (Å²) >= 11 is 0. The van der Waals surface area contributed by atoms with E-state index < -0.39 is 9.84 Å². The number of carbonyl (C=O) groups excluding carboxylic acids is 1. The van der Waals surface area contributed by atoms with Crippen molar-refractivity contribution in [2.75, 3.05) is 16.8 Å². The summed E-state index contributed by atoms with van der Waals surface area (Å²) < 4.78 is 30.9. The van der Waals surface area contributed by atoms with Gasteiger partial charge >= 0.3 is 0 Å². The van der Waals surface area contributed by atoms with Gasteiger partial charge in [-0.25, -0.2) is 8.42 Å². The maximum Gasteiger partial charge on any atom is 0.276 e. The molecule has 29 heavy (non-hydrogen) atoms. The predicted octanol–water partition coefficient (Wildman–Crippen LogP) is 3.88. The highest BCUT2D eigenvalue weighted by molar-refractivity contribution is 7.91. The lowest BCUT2D eigenvalue weighted by molar-refractivity contribution is 0.102. The number of rotatable bonds is 5. The van der Waals surface area contributed by atoms with Crippen LogP contribution in [0.2, 0.25) is 0 Å². The fourth-order valence-corrected chi connectivity index (χ4v) is 5.20. The van der Waals surface area contributed by atoms with Crippen molar-refractivity contribution in [3.05, 3.63) is 60.0 Å². The maximum atomic E-state index is 12.8. The second kappa shape index (κ2) is 7.51. The first-order valence-electron chi connectivity index (χ1n) is 9.57. The molecule has 0 bridgehead atoms. The Morgan fingerprint density at radius 1 is 1.24 bits per heavy atom. The standard InChI is InChI=1S/C21H23N3O4S/c1-14(2)15-5-7-16(8-6-15)22-21(25)18-12-19(20-4-3-10-28-20)24(23-18)17-9-11-29(26,27)13-17/h3-8,10,12,14,17H,9,11,13H2,1-2H3,(H,22,25). The van der Waals surface area contributed by atoms with E-state index >= 15 is 0 Å². The Hall–Kier alpha value is -2.87. The second-order valence-corrected chi connectivity index (χ2v) is 9.85. The van der Waals surface area contributed by atoms with Crippen LogP contribution < -0.4 is 5.32 Å². The zero-order valence-corrected chi connectivity index (χ0v) is 17.1. The van der Waals surface area contributed by atoms with Crippen LogP contribution in [-0.2, 0) is 9.84 Å². The number of sulfone groups is 1. The van der Waals surface area contributed by atoms with Crippen LogP contribution in [0.4, 0.5) is 5.69 Å². The van der Waals surface area contributed by atoms with E-state index in [1.165, 1.54) is 11.8 Å². The van der Waals surface area contributed by atoms with Crippen LogP contribution in [0.1, 0.15) is 48.3 Å². The third kappa shape index (κ3) is 4.12. The fourth-order valence-electron chi connectivity index (χ4n) is 3.51. The molecule has 1 amide bonds. The number of nitrogens with zero attached hydrogens (tertiary/aromatic N) is 2. The van der Waals surface area contributed by atoms with Crippen molar-refractivity contribution in [3.63, 3.8) is 0 Å². The first-order valence-corrected chi connectivity index (χ1v) is 11.4. The zero-order chi connectivity index (χ0) is 20.6. The van der Waals surface area contributed by atoms with Gasteiger partial charge in [-0.05, 0) is 42.2 Å². The Bertz CT molecular complexity index is 1110. The molecule has 1 unspecified atom stereocenters. The van der Waals surface area contributed by atoms with Crippen molar-refractivity contribution in [1.82, 2.24) is 9.78 Å². The summed E-state index contributed by atoms with van der Waals surface area (Å²) in [7, 11) is -3.09. The zero-order valence-electron chi connectivity index (χ0n) is 16.3. The summed E-state index contributed by atoms with van der Waals surface area (Å²) in [6.07, 6.45) is 2.00. The Morgan fingerprint density at radius 3 is 2.59 bits per heavy atom. The Balaban J connectivity index is 1.62. The van der Waals surface area contributed by atoms with E-state index in [1.54, 1.807) is 22.9 Å². The van der Waals surface area contributed by atoms with Gasteiger partial charge in [0.1, 0.15) is 5.69 Å². The van der Waals surface area contributed by atoms with Crippen LogP contribution in [0.5, 0.6) is 0 Å². The first-order chi connectivity index (χ1) is 13.8. The van der Waals surface area contributed by atoms with Crippen molar-refractivity contribution in [3.8, 4) is 11.5 Å². The highest BCUT2D eigenvalue weighted by Gasteiger charge is 2.32. The molecule has 1 aliphatic rings. The summed E-state index contributed by atoms with van der Waals surface area (Å²) in [4.78, 5) is 12.8. The van der Waals surface area contributed by atoms with E-state index in [0.717, 1.165) is 0 Å². The summed E-state index contributed by atoms with van der Waals surface area (Å²) in [6, 6.07) is 12.5. The van der Waals surface area contributed by atoms with Crippen LogP contribution in [0, 0.1) is 0 Å². The number of hydrogen-bond acceptors (Lipinski definition) is 5. The number of nitrogens with one attached hydrogen (secondary N) is 1. The normalized spacial score (nSPS) is 18.2. The van der Waals surface area contributed by atoms with E-state index in [2.05, 4.69) is 24.3 Å². The fraction of sp³-hybridized carbons (Fsp3) is 0.333. The Labute approximate surface area is 169 Å².